The zero-order valence-electron chi connectivity index (χ0n) is 27.0. The molecule has 218 valence electrons. The predicted molar refractivity (Wildman–Crippen MR) is 169 cm³/mol. The molecule has 0 radical (unpaired) electrons. The Morgan fingerprint density at radius 2 is 1.57 bits per heavy atom. The van der Waals surface area contributed by atoms with Gasteiger partial charge >= 0.3 is 0 Å². The van der Waals surface area contributed by atoms with Crippen LogP contribution in [-0.4, -0.2) is 5.78 Å². The van der Waals surface area contributed by atoms with E-state index in [1.807, 2.05) is 0 Å². The van der Waals surface area contributed by atoms with Crippen LogP contribution in [0.1, 0.15) is 124 Å². The second-order valence-corrected chi connectivity index (χ2v) is 16.5. The summed E-state index contributed by atoms with van der Waals surface area (Å²) in [6.45, 7) is 24.3. The summed E-state index contributed by atoms with van der Waals surface area (Å²) in [5.41, 5.74) is 6.74. The minimum absolute atomic E-state index is 0.0780. The summed E-state index contributed by atoms with van der Waals surface area (Å²) in [4.78, 5) is 13.7. The molecule has 0 heterocycles. The zero-order chi connectivity index (χ0) is 28.9. The lowest BCUT2D eigenvalue weighted by atomic mass is 9.32. The Bertz CT molecular complexity index is 1230. The summed E-state index contributed by atoms with van der Waals surface area (Å²) in [5, 5.41) is 0. The maximum absolute atomic E-state index is 13.7. The van der Waals surface area contributed by atoms with Crippen molar-refractivity contribution in [2.75, 3.05) is 0 Å². The van der Waals surface area contributed by atoms with Gasteiger partial charge in [0.1, 0.15) is 5.78 Å². The van der Waals surface area contributed by atoms with Crippen molar-refractivity contribution in [3.63, 3.8) is 0 Å². The van der Waals surface area contributed by atoms with Gasteiger partial charge in [-0.15, -0.1) is 0 Å². The van der Waals surface area contributed by atoms with Crippen molar-refractivity contribution in [2.24, 2.45) is 56.7 Å². The third kappa shape index (κ3) is 3.54. The normalized spacial score (nSPS) is 45.4. The summed E-state index contributed by atoms with van der Waals surface area (Å²) in [6.07, 6.45) is 14.5. The Hall–Kier alpha value is -1.63. The summed E-state index contributed by atoms with van der Waals surface area (Å²) in [6, 6.07) is 9.29. The van der Waals surface area contributed by atoms with E-state index < -0.39 is 0 Å². The molecular weight excluding hydrogens is 484 g/mol. The molecule has 0 aliphatic heterocycles. The van der Waals surface area contributed by atoms with Crippen molar-refractivity contribution in [1.82, 2.24) is 0 Å². The summed E-state index contributed by atoms with van der Waals surface area (Å²) in [5.74, 6) is 3.70. The van der Waals surface area contributed by atoms with Crippen molar-refractivity contribution in [3.05, 3.63) is 53.6 Å². The topological polar surface area (TPSA) is 17.1 Å². The van der Waals surface area contributed by atoms with Gasteiger partial charge < -0.3 is 0 Å². The van der Waals surface area contributed by atoms with E-state index in [9.17, 15) is 4.79 Å². The van der Waals surface area contributed by atoms with Crippen molar-refractivity contribution in [3.8, 4) is 0 Å². The van der Waals surface area contributed by atoms with Crippen molar-refractivity contribution >= 4 is 11.4 Å². The number of hydrogen-bond donors (Lipinski definition) is 0. The number of Topliss-reactive ketones (excluding diaryl/α,β-unsaturated/α-hetero) is 1. The molecule has 40 heavy (non-hydrogen) atoms. The van der Waals surface area contributed by atoms with Gasteiger partial charge in [0.15, 0.2) is 0 Å². The summed E-state index contributed by atoms with van der Waals surface area (Å²) >= 11 is 0. The molecule has 5 aliphatic rings. The first-order valence-electron chi connectivity index (χ1n) is 16.7. The van der Waals surface area contributed by atoms with Gasteiger partial charge in [0, 0.05) is 11.8 Å². The lowest BCUT2D eigenvalue weighted by molar-refractivity contribution is -0.224. The third-order valence-corrected chi connectivity index (χ3v) is 14.9. The van der Waals surface area contributed by atoms with E-state index in [1.54, 1.807) is 5.57 Å². The number of hydrogen-bond acceptors (Lipinski definition) is 1. The third-order valence-electron chi connectivity index (χ3n) is 14.9. The molecule has 0 amide bonds. The maximum atomic E-state index is 13.7. The highest BCUT2D eigenvalue weighted by molar-refractivity contribution is 5.85. The lowest BCUT2D eigenvalue weighted by Crippen LogP contribution is -2.65. The van der Waals surface area contributed by atoms with Gasteiger partial charge in [-0.3, -0.25) is 4.79 Å². The lowest BCUT2D eigenvalue weighted by Gasteiger charge is -2.72. The average Bonchev–Trinajstić information content (AvgIpc) is 3.30. The molecule has 9 atom stereocenters. The highest BCUT2D eigenvalue weighted by Crippen LogP contribution is 2.77. The number of ketones is 1. The number of rotatable bonds is 4. The number of allylic oxidation sites excluding steroid dienone is 3. The van der Waals surface area contributed by atoms with E-state index in [2.05, 4.69) is 92.3 Å². The van der Waals surface area contributed by atoms with E-state index in [0.29, 0.717) is 52.1 Å². The minimum Gasteiger partial charge on any atom is -0.299 e. The first-order chi connectivity index (χ1) is 18.8. The van der Waals surface area contributed by atoms with Gasteiger partial charge in [-0.2, -0.15) is 0 Å². The van der Waals surface area contributed by atoms with Crippen LogP contribution < -0.4 is 0 Å². The molecule has 0 bridgehead atoms. The van der Waals surface area contributed by atoms with E-state index in [4.69, 9.17) is 0 Å². The van der Waals surface area contributed by atoms with Gasteiger partial charge in [0.05, 0.1) is 0 Å². The van der Waals surface area contributed by atoms with Crippen LogP contribution in [0.15, 0.2) is 42.5 Å². The molecule has 1 aromatic carbocycles. The highest BCUT2D eigenvalue weighted by atomic mass is 16.1. The van der Waals surface area contributed by atoms with E-state index in [1.165, 1.54) is 61.6 Å². The maximum Gasteiger partial charge on any atom is 0.139 e. The van der Waals surface area contributed by atoms with E-state index >= 15 is 0 Å². The van der Waals surface area contributed by atoms with Gasteiger partial charge in [-0.05, 0) is 134 Å². The van der Waals surface area contributed by atoms with E-state index in [0.717, 1.165) is 18.8 Å². The fraction of sp³-hybridized carbons (Fsp3) is 0.718. The van der Waals surface area contributed by atoms with Gasteiger partial charge in [-0.25, -0.2) is 0 Å². The van der Waals surface area contributed by atoms with Gasteiger partial charge in [-0.1, -0.05) is 89.6 Å². The molecule has 4 fully saturated rings. The van der Waals surface area contributed by atoms with Gasteiger partial charge in [0.2, 0.25) is 0 Å². The van der Waals surface area contributed by atoms with Crippen LogP contribution in [0, 0.1) is 63.6 Å². The first kappa shape index (κ1) is 28.5. The summed E-state index contributed by atoms with van der Waals surface area (Å²) < 4.78 is 0. The Kier molecular flexibility index (Phi) is 6.54. The Balaban J connectivity index is 1.39. The van der Waals surface area contributed by atoms with E-state index in [-0.39, 0.29) is 10.8 Å². The number of fused-ring (bicyclic) bond motifs is 7. The van der Waals surface area contributed by atoms with Crippen LogP contribution in [0.5, 0.6) is 0 Å². The SMILES string of the molecule is C=C(C)[C@@H]1CC[C@]2(C(=O)CC)CC[C@]3(C)[C@H](CC[C@@H]4[C@@]5(C)CC=C(c6ccc(C)cc6)C(C)(C)[C@@H]5CC[C@]43C)[C@@H]12. The van der Waals surface area contributed by atoms with Crippen LogP contribution in [0.25, 0.3) is 5.57 Å². The molecule has 0 saturated heterocycles. The van der Waals surface area contributed by atoms with Crippen molar-refractivity contribution in [1.29, 1.82) is 0 Å². The molecular formula is C39H56O. The Morgan fingerprint density at radius 3 is 2.23 bits per heavy atom. The molecule has 4 saturated carbocycles. The molecule has 0 N–H and O–H groups in total. The quantitative estimate of drug-likeness (QED) is 0.347. The molecule has 6 rings (SSSR count). The molecule has 0 unspecified atom stereocenters. The smallest absolute Gasteiger partial charge is 0.139 e. The minimum atomic E-state index is -0.0780. The van der Waals surface area contributed by atoms with Crippen molar-refractivity contribution in [2.45, 2.75) is 120 Å². The zero-order valence-corrected chi connectivity index (χ0v) is 27.0. The largest absolute Gasteiger partial charge is 0.299 e. The highest BCUT2D eigenvalue weighted by Gasteiger charge is 2.71. The summed E-state index contributed by atoms with van der Waals surface area (Å²) in [7, 11) is 0. The van der Waals surface area contributed by atoms with Crippen LogP contribution in [0.2, 0.25) is 0 Å². The van der Waals surface area contributed by atoms with Crippen LogP contribution in [0.3, 0.4) is 0 Å². The average molecular weight is 541 g/mol. The fourth-order valence-corrected chi connectivity index (χ4v) is 12.8. The molecule has 1 nitrogen and oxygen atoms in total. The fourth-order valence-electron chi connectivity index (χ4n) is 12.8. The number of benzene rings is 1. The number of carbonyl (C=O) groups is 1. The monoisotopic (exact) mass is 540 g/mol. The van der Waals surface area contributed by atoms with Crippen LogP contribution >= 0.6 is 0 Å². The first-order valence-corrected chi connectivity index (χ1v) is 16.7. The van der Waals surface area contributed by atoms with Crippen molar-refractivity contribution < 1.29 is 4.79 Å². The second-order valence-electron chi connectivity index (χ2n) is 16.5. The molecule has 5 aliphatic carbocycles. The molecule has 1 aromatic rings. The predicted octanol–water partition coefficient (Wildman–Crippen LogP) is 10.6. The number of carbonyl (C=O) groups excluding carboxylic acids is 1. The van der Waals surface area contributed by atoms with Crippen LogP contribution in [-0.2, 0) is 4.79 Å². The molecule has 1 heteroatoms. The van der Waals surface area contributed by atoms with Crippen LogP contribution in [0.4, 0.5) is 0 Å². The second kappa shape index (κ2) is 9.18. The molecule has 0 spiro atoms. The Morgan fingerprint density at radius 1 is 0.875 bits per heavy atom. The number of aryl methyl sites for hydroxylation is 1. The van der Waals surface area contributed by atoms with Gasteiger partial charge in [0.25, 0.3) is 0 Å². The Labute approximate surface area is 245 Å². The standard InChI is InChI=1S/C39H56O/c1-10-33(40)39-22-17-28(25(2)3)34(39)30-15-16-32-36(7)20-18-29(27-13-11-26(4)12-14-27)35(5,6)31(36)19-21-38(32,9)37(30,8)23-24-39/h11-14,18,28,30-32,34H,2,10,15-17,19-24H2,1,3-9H3/t28-,30+,31-,32+,34+,36-,37+,38+,39+/m0/s1. The molecule has 0 aromatic heterocycles.